The van der Waals surface area contributed by atoms with Gasteiger partial charge in [0.15, 0.2) is 0 Å². The molecule has 0 radical (unpaired) electrons. The minimum Gasteiger partial charge on any atom is -0.496 e. The van der Waals surface area contributed by atoms with Crippen LogP contribution in [0.4, 0.5) is 8.78 Å². The molecule has 14 heavy (non-hydrogen) atoms. The molecule has 0 spiro atoms. The van der Waals surface area contributed by atoms with Crippen molar-refractivity contribution in [3.05, 3.63) is 23.0 Å². The van der Waals surface area contributed by atoms with Gasteiger partial charge in [0.1, 0.15) is 5.75 Å². The summed E-state index contributed by atoms with van der Waals surface area (Å²) in [4.78, 5) is 3.94. The first-order valence-electron chi connectivity index (χ1n) is 4.12. The highest BCUT2D eigenvalue weighted by atomic mass is 19.3. The maximum Gasteiger partial charge on any atom is 0.269 e. The monoisotopic (exact) mass is 202 g/mol. The van der Waals surface area contributed by atoms with E-state index in [9.17, 15) is 8.78 Å². The largest absolute Gasteiger partial charge is 0.496 e. The van der Waals surface area contributed by atoms with E-state index in [1.807, 2.05) is 0 Å². The Kier molecular flexibility index (Phi) is 3.35. The number of aryl methyl sites for hydroxylation is 1. The zero-order chi connectivity index (χ0) is 10.7. The van der Waals surface area contributed by atoms with Crippen LogP contribution in [0.25, 0.3) is 0 Å². The SMILES string of the molecule is COc1cc(C)nc(CN)c1C(F)F. The molecule has 0 aliphatic rings. The Hall–Kier alpha value is -1.23. The van der Waals surface area contributed by atoms with E-state index < -0.39 is 6.43 Å². The van der Waals surface area contributed by atoms with Gasteiger partial charge in [0, 0.05) is 18.3 Å². The molecule has 0 bridgehead atoms. The number of aromatic nitrogens is 1. The lowest BCUT2D eigenvalue weighted by Crippen LogP contribution is -2.08. The number of methoxy groups -OCH3 is 1. The predicted molar refractivity (Wildman–Crippen MR) is 48.4 cm³/mol. The number of nitrogens with two attached hydrogens (primary N) is 1. The molecule has 0 fully saturated rings. The fraction of sp³-hybridized carbons (Fsp3) is 0.444. The first-order chi connectivity index (χ1) is 6.60. The van der Waals surface area contributed by atoms with E-state index in [0.29, 0.717) is 5.69 Å². The molecule has 1 aromatic rings. The maximum atomic E-state index is 12.6. The van der Waals surface area contributed by atoms with Gasteiger partial charge in [0.2, 0.25) is 0 Å². The van der Waals surface area contributed by atoms with Crippen LogP contribution in [0.5, 0.6) is 5.75 Å². The van der Waals surface area contributed by atoms with Crippen molar-refractivity contribution >= 4 is 0 Å². The number of ether oxygens (including phenoxy) is 1. The molecule has 0 atom stereocenters. The minimum absolute atomic E-state index is 0.0162. The molecule has 2 N–H and O–H groups in total. The zero-order valence-corrected chi connectivity index (χ0v) is 8.05. The summed E-state index contributed by atoms with van der Waals surface area (Å²) in [5.41, 5.74) is 5.93. The van der Waals surface area contributed by atoms with Gasteiger partial charge < -0.3 is 10.5 Å². The highest BCUT2D eigenvalue weighted by molar-refractivity contribution is 5.39. The van der Waals surface area contributed by atoms with Crippen molar-refractivity contribution in [2.24, 2.45) is 5.73 Å². The van der Waals surface area contributed by atoms with E-state index in [1.165, 1.54) is 13.2 Å². The van der Waals surface area contributed by atoms with Crippen LogP contribution in [0, 0.1) is 6.92 Å². The van der Waals surface area contributed by atoms with Crippen LogP contribution in [0.1, 0.15) is 23.4 Å². The van der Waals surface area contributed by atoms with Crippen LogP contribution >= 0.6 is 0 Å². The van der Waals surface area contributed by atoms with Crippen LogP contribution < -0.4 is 10.5 Å². The van der Waals surface area contributed by atoms with Crippen molar-refractivity contribution < 1.29 is 13.5 Å². The van der Waals surface area contributed by atoms with Gasteiger partial charge in [-0.15, -0.1) is 0 Å². The summed E-state index contributed by atoms with van der Waals surface area (Å²) < 4.78 is 30.1. The molecule has 3 nitrogen and oxygen atoms in total. The molecular formula is C9H12F2N2O. The Labute approximate surface area is 80.9 Å². The van der Waals surface area contributed by atoms with Gasteiger partial charge in [-0.2, -0.15) is 0 Å². The second-order valence-corrected chi connectivity index (χ2v) is 2.83. The number of hydrogen-bond donors (Lipinski definition) is 1. The van der Waals surface area contributed by atoms with Crippen molar-refractivity contribution in [2.75, 3.05) is 7.11 Å². The Morgan fingerprint density at radius 1 is 1.57 bits per heavy atom. The van der Waals surface area contributed by atoms with Gasteiger partial charge in [0.05, 0.1) is 18.4 Å². The lowest BCUT2D eigenvalue weighted by molar-refractivity contribution is 0.145. The van der Waals surface area contributed by atoms with Gasteiger partial charge in [-0.25, -0.2) is 8.78 Å². The topological polar surface area (TPSA) is 48.1 Å². The van der Waals surface area contributed by atoms with Gasteiger partial charge in [-0.3, -0.25) is 4.98 Å². The minimum atomic E-state index is -2.61. The average Bonchev–Trinajstić information content (AvgIpc) is 2.15. The van der Waals surface area contributed by atoms with Crippen LogP contribution in [-0.4, -0.2) is 12.1 Å². The molecule has 0 unspecified atom stereocenters. The van der Waals surface area contributed by atoms with Gasteiger partial charge in [-0.1, -0.05) is 0 Å². The molecule has 78 valence electrons. The molecule has 0 saturated heterocycles. The maximum absolute atomic E-state index is 12.6. The molecule has 0 aliphatic carbocycles. The van der Waals surface area contributed by atoms with E-state index in [-0.39, 0.29) is 23.6 Å². The Morgan fingerprint density at radius 2 is 2.21 bits per heavy atom. The fourth-order valence-corrected chi connectivity index (χ4v) is 1.27. The van der Waals surface area contributed by atoms with E-state index in [4.69, 9.17) is 10.5 Å². The standard InChI is InChI=1S/C9H12F2N2O/c1-5-3-7(14-2)8(9(10)11)6(4-12)13-5/h3,9H,4,12H2,1-2H3. The van der Waals surface area contributed by atoms with E-state index in [2.05, 4.69) is 4.98 Å². The highest BCUT2D eigenvalue weighted by Crippen LogP contribution is 2.31. The third-order valence-electron chi connectivity index (χ3n) is 1.86. The number of nitrogens with zero attached hydrogens (tertiary/aromatic N) is 1. The quantitative estimate of drug-likeness (QED) is 0.812. The average molecular weight is 202 g/mol. The second-order valence-electron chi connectivity index (χ2n) is 2.83. The molecule has 0 amide bonds. The second kappa shape index (κ2) is 4.32. The van der Waals surface area contributed by atoms with E-state index >= 15 is 0 Å². The molecule has 5 heteroatoms. The van der Waals surface area contributed by atoms with Crippen molar-refractivity contribution in [1.29, 1.82) is 0 Å². The lowest BCUT2D eigenvalue weighted by atomic mass is 10.1. The third kappa shape index (κ3) is 1.98. The van der Waals surface area contributed by atoms with Crippen molar-refractivity contribution in [2.45, 2.75) is 19.9 Å². The summed E-state index contributed by atoms with van der Waals surface area (Å²) >= 11 is 0. The van der Waals surface area contributed by atoms with Crippen LogP contribution in [0.3, 0.4) is 0 Å². The molecule has 1 rings (SSSR count). The number of hydrogen-bond acceptors (Lipinski definition) is 3. The van der Waals surface area contributed by atoms with Crippen LogP contribution in [0.2, 0.25) is 0 Å². The van der Waals surface area contributed by atoms with Crippen molar-refractivity contribution in [1.82, 2.24) is 4.98 Å². The highest BCUT2D eigenvalue weighted by Gasteiger charge is 2.19. The number of rotatable bonds is 3. The van der Waals surface area contributed by atoms with Gasteiger partial charge >= 0.3 is 0 Å². The Morgan fingerprint density at radius 3 is 2.64 bits per heavy atom. The molecule has 0 saturated carbocycles. The van der Waals surface area contributed by atoms with Gasteiger partial charge in [0.25, 0.3) is 6.43 Å². The molecule has 0 aliphatic heterocycles. The normalized spacial score (nSPS) is 10.7. The Bertz CT molecular complexity index is 304. The Balaban J connectivity index is 3.33. The van der Waals surface area contributed by atoms with Crippen molar-refractivity contribution in [3.8, 4) is 5.75 Å². The van der Waals surface area contributed by atoms with Crippen LogP contribution in [0.15, 0.2) is 6.07 Å². The van der Waals surface area contributed by atoms with E-state index in [0.717, 1.165) is 0 Å². The summed E-state index contributed by atoms with van der Waals surface area (Å²) in [7, 11) is 1.35. The third-order valence-corrected chi connectivity index (χ3v) is 1.86. The number of alkyl halides is 2. The summed E-state index contributed by atoms with van der Waals surface area (Å²) in [5, 5.41) is 0. The number of halogens is 2. The molecular weight excluding hydrogens is 190 g/mol. The summed E-state index contributed by atoms with van der Waals surface area (Å²) in [6.45, 7) is 1.69. The van der Waals surface area contributed by atoms with Crippen LogP contribution in [-0.2, 0) is 6.54 Å². The summed E-state index contributed by atoms with van der Waals surface area (Å²) in [6, 6.07) is 1.47. The molecule has 0 aromatic carbocycles. The zero-order valence-electron chi connectivity index (χ0n) is 8.05. The summed E-state index contributed by atoms with van der Waals surface area (Å²) in [6.07, 6.45) is -2.61. The first-order valence-corrected chi connectivity index (χ1v) is 4.12. The molecule has 1 heterocycles. The predicted octanol–water partition coefficient (Wildman–Crippen LogP) is 1.79. The number of pyridine rings is 1. The first kappa shape index (κ1) is 10.8. The molecule has 1 aromatic heterocycles. The van der Waals surface area contributed by atoms with Gasteiger partial charge in [-0.05, 0) is 6.92 Å². The van der Waals surface area contributed by atoms with Crippen molar-refractivity contribution in [3.63, 3.8) is 0 Å². The lowest BCUT2D eigenvalue weighted by Gasteiger charge is -2.12. The van der Waals surface area contributed by atoms with E-state index in [1.54, 1.807) is 6.92 Å². The fourth-order valence-electron chi connectivity index (χ4n) is 1.27. The summed E-state index contributed by atoms with van der Waals surface area (Å²) in [5.74, 6) is 0.146. The smallest absolute Gasteiger partial charge is 0.269 e.